The number of hydrogen-bond acceptors (Lipinski definition) is 1. The Balaban J connectivity index is 2.38. The van der Waals surface area contributed by atoms with E-state index in [1.54, 1.807) is 11.1 Å². The van der Waals surface area contributed by atoms with Crippen LogP contribution in [0.2, 0.25) is 0 Å². The van der Waals surface area contributed by atoms with Gasteiger partial charge in [-0.1, -0.05) is 38.1 Å². The zero-order valence-corrected chi connectivity index (χ0v) is 10.6. The van der Waals surface area contributed by atoms with Crippen LogP contribution in [-0.4, -0.2) is 13.1 Å². The van der Waals surface area contributed by atoms with Gasteiger partial charge in [-0.05, 0) is 55.3 Å². The minimum Gasteiger partial charge on any atom is -0.317 e. The number of benzene rings is 1. The summed E-state index contributed by atoms with van der Waals surface area (Å²) in [6.45, 7) is 6.96. The molecule has 0 saturated carbocycles. The van der Waals surface area contributed by atoms with Crippen molar-refractivity contribution in [2.45, 2.75) is 44.9 Å². The third-order valence-electron chi connectivity index (χ3n) is 4.21. The van der Waals surface area contributed by atoms with Crippen LogP contribution >= 0.6 is 0 Å². The van der Waals surface area contributed by atoms with Crippen LogP contribution in [0.15, 0.2) is 24.3 Å². The van der Waals surface area contributed by atoms with Gasteiger partial charge in [-0.25, -0.2) is 0 Å². The van der Waals surface area contributed by atoms with Gasteiger partial charge in [-0.15, -0.1) is 0 Å². The standard InChI is InChI=1S/C15H23N/c1-3-13-7-5-6-8-14(13)15(4-2)9-11-16-12-10-15/h5-8,16H,3-4,9-12H2,1-2H3. The third kappa shape index (κ3) is 2.01. The lowest BCUT2D eigenvalue weighted by atomic mass is 9.69. The average Bonchev–Trinajstić information content (AvgIpc) is 2.39. The van der Waals surface area contributed by atoms with Crippen molar-refractivity contribution in [1.29, 1.82) is 0 Å². The van der Waals surface area contributed by atoms with Gasteiger partial charge >= 0.3 is 0 Å². The van der Waals surface area contributed by atoms with Gasteiger partial charge in [0.15, 0.2) is 0 Å². The zero-order valence-electron chi connectivity index (χ0n) is 10.6. The molecule has 0 spiro atoms. The van der Waals surface area contributed by atoms with Crippen LogP contribution in [0.1, 0.15) is 44.2 Å². The van der Waals surface area contributed by atoms with Crippen molar-refractivity contribution in [2.24, 2.45) is 0 Å². The summed E-state index contributed by atoms with van der Waals surface area (Å²) in [4.78, 5) is 0. The summed E-state index contributed by atoms with van der Waals surface area (Å²) in [7, 11) is 0. The molecule has 1 aliphatic heterocycles. The van der Waals surface area contributed by atoms with E-state index in [0.717, 1.165) is 6.42 Å². The van der Waals surface area contributed by atoms with E-state index in [-0.39, 0.29) is 0 Å². The number of aryl methyl sites for hydroxylation is 1. The highest BCUT2D eigenvalue weighted by atomic mass is 14.9. The Morgan fingerprint density at radius 1 is 1.12 bits per heavy atom. The van der Waals surface area contributed by atoms with Crippen molar-refractivity contribution in [2.75, 3.05) is 13.1 Å². The molecule has 1 aliphatic rings. The highest BCUT2D eigenvalue weighted by molar-refractivity contribution is 5.35. The second kappa shape index (κ2) is 5.01. The first-order chi connectivity index (χ1) is 7.82. The Morgan fingerprint density at radius 2 is 1.81 bits per heavy atom. The number of rotatable bonds is 3. The van der Waals surface area contributed by atoms with Gasteiger partial charge in [0.05, 0.1) is 0 Å². The predicted molar refractivity (Wildman–Crippen MR) is 69.9 cm³/mol. The van der Waals surface area contributed by atoms with Gasteiger partial charge in [0.25, 0.3) is 0 Å². The highest BCUT2D eigenvalue weighted by Gasteiger charge is 2.33. The predicted octanol–water partition coefficient (Wildman–Crippen LogP) is 3.28. The van der Waals surface area contributed by atoms with Crippen molar-refractivity contribution in [3.8, 4) is 0 Å². The van der Waals surface area contributed by atoms with E-state index in [2.05, 4.69) is 43.4 Å². The molecule has 0 bridgehead atoms. The van der Waals surface area contributed by atoms with E-state index < -0.39 is 0 Å². The minimum atomic E-state index is 0.442. The van der Waals surface area contributed by atoms with E-state index in [0.29, 0.717) is 5.41 Å². The number of nitrogens with one attached hydrogen (secondary N) is 1. The quantitative estimate of drug-likeness (QED) is 0.819. The maximum atomic E-state index is 3.48. The summed E-state index contributed by atoms with van der Waals surface area (Å²) < 4.78 is 0. The maximum Gasteiger partial charge on any atom is -0.00228 e. The molecule has 0 aromatic heterocycles. The van der Waals surface area contributed by atoms with Crippen LogP contribution in [0, 0.1) is 0 Å². The van der Waals surface area contributed by atoms with Crippen LogP contribution in [0.3, 0.4) is 0 Å². The maximum absolute atomic E-state index is 3.48. The average molecular weight is 217 g/mol. The molecule has 0 atom stereocenters. The molecular formula is C15H23N. The van der Waals surface area contributed by atoms with Gasteiger partial charge < -0.3 is 5.32 Å². The van der Waals surface area contributed by atoms with Gasteiger partial charge in [0.1, 0.15) is 0 Å². The van der Waals surface area contributed by atoms with Crippen LogP contribution < -0.4 is 5.32 Å². The van der Waals surface area contributed by atoms with Gasteiger partial charge in [0.2, 0.25) is 0 Å². The fourth-order valence-corrected chi connectivity index (χ4v) is 3.06. The summed E-state index contributed by atoms with van der Waals surface area (Å²) in [6.07, 6.45) is 5.01. The Bertz CT molecular complexity index is 337. The molecule has 88 valence electrons. The number of piperidine rings is 1. The van der Waals surface area contributed by atoms with E-state index in [4.69, 9.17) is 0 Å². The van der Waals surface area contributed by atoms with E-state index in [1.165, 1.54) is 32.4 Å². The van der Waals surface area contributed by atoms with Crippen LogP contribution in [0.25, 0.3) is 0 Å². The first-order valence-electron chi connectivity index (χ1n) is 6.61. The smallest absolute Gasteiger partial charge is 0.00228 e. The number of hydrogen-bond donors (Lipinski definition) is 1. The van der Waals surface area contributed by atoms with E-state index in [9.17, 15) is 0 Å². The fraction of sp³-hybridized carbons (Fsp3) is 0.600. The largest absolute Gasteiger partial charge is 0.317 e. The molecular weight excluding hydrogens is 194 g/mol. The molecule has 2 rings (SSSR count). The molecule has 16 heavy (non-hydrogen) atoms. The summed E-state index contributed by atoms with van der Waals surface area (Å²) in [6, 6.07) is 9.03. The molecule has 0 aliphatic carbocycles. The monoisotopic (exact) mass is 217 g/mol. The van der Waals surface area contributed by atoms with Gasteiger partial charge in [-0.2, -0.15) is 0 Å². The van der Waals surface area contributed by atoms with Crippen molar-refractivity contribution in [3.05, 3.63) is 35.4 Å². The lowest BCUT2D eigenvalue weighted by molar-refractivity contribution is 0.296. The Kier molecular flexibility index (Phi) is 3.65. The Hall–Kier alpha value is -0.820. The molecule has 0 amide bonds. The molecule has 1 saturated heterocycles. The first-order valence-corrected chi connectivity index (χ1v) is 6.61. The molecule has 1 aromatic rings. The summed E-state index contributed by atoms with van der Waals surface area (Å²) in [5.41, 5.74) is 3.60. The van der Waals surface area contributed by atoms with Crippen LogP contribution in [-0.2, 0) is 11.8 Å². The lowest BCUT2D eigenvalue weighted by Gasteiger charge is -2.38. The van der Waals surface area contributed by atoms with Crippen molar-refractivity contribution < 1.29 is 0 Å². The third-order valence-corrected chi connectivity index (χ3v) is 4.21. The first kappa shape index (κ1) is 11.7. The van der Waals surface area contributed by atoms with Crippen molar-refractivity contribution in [1.82, 2.24) is 5.32 Å². The minimum absolute atomic E-state index is 0.442. The Labute approximate surface area is 99.3 Å². The summed E-state index contributed by atoms with van der Waals surface area (Å²) in [5, 5.41) is 3.48. The van der Waals surface area contributed by atoms with Gasteiger partial charge in [0, 0.05) is 0 Å². The highest BCUT2D eigenvalue weighted by Crippen LogP contribution is 2.38. The topological polar surface area (TPSA) is 12.0 Å². The van der Waals surface area contributed by atoms with Crippen molar-refractivity contribution >= 4 is 0 Å². The second-order valence-electron chi connectivity index (χ2n) is 4.89. The van der Waals surface area contributed by atoms with E-state index in [1.807, 2.05) is 0 Å². The van der Waals surface area contributed by atoms with Crippen molar-refractivity contribution in [3.63, 3.8) is 0 Å². The Morgan fingerprint density at radius 3 is 2.44 bits per heavy atom. The van der Waals surface area contributed by atoms with E-state index >= 15 is 0 Å². The molecule has 0 unspecified atom stereocenters. The molecule has 0 radical (unpaired) electrons. The zero-order chi connectivity index (χ0) is 11.4. The van der Waals surface area contributed by atoms with Gasteiger partial charge in [-0.3, -0.25) is 0 Å². The molecule has 1 N–H and O–H groups in total. The normalized spacial score (nSPS) is 19.6. The lowest BCUT2D eigenvalue weighted by Crippen LogP contribution is -2.40. The fourth-order valence-electron chi connectivity index (χ4n) is 3.06. The second-order valence-corrected chi connectivity index (χ2v) is 4.89. The molecule has 1 fully saturated rings. The van der Waals surface area contributed by atoms with Crippen LogP contribution in [0.4, 0.5) is 0 Å². The van der Waals surface area contributed by atoms with Crippen LogP contribution in [0.5, 0.6) is 0 Å². The molecule has 1 heteroatoms. The molecule has 1 heterocycles. The molecule has 1 nitrogen and oxygen atoms in total. The SMILES string of the molecule is CCc1ccccc1C1(CC)CCNCC1. The molecule has 1 aromatic carbocycles. The summed E-state index contributed by atoms with van der Waals surface area (Å²) in [5.74, 6) is 0. The summed E-state index contributed by atoms with van der Waals surface area (Å²) >= 11 is 0.